The Bertz CT molecular complexity index is 1370. The fraction of sp³-hybridized carbons (Fsp3) is 0.394. The topological polar surface area (TPSA) is 122 Å². The molecule has 230 valence electrons. The third kappa shape index (κ3) is 9.23. The summed E-state index contributed by atoms with van der Waals surface area (Å²) in [5.41, 5.74) is 2.17. The largest absolute Gasteiger partial charge is 0.530 e. The summed E-state index contributed by atoms with van der Waals surface area (Å²) in [6, 6.07) is 21.8. The molecule has 0 bridgehead atoms. The van der Waals surface area contributed by atoms with Gasteiger partial charge in [0, 0.05) is 31.5 Å². The molecule has 9 nitrogen and oxygen atoms in total. The molecule has 0 heterocycles. The van der Waals surface area contributed by atoms with Crippen LogP contribution in [0, 0.1) is 10.1 Å². The molecule has 0 aliphatic carbocycles. The molecule has 0 fully saturated rings. The van der Waals surface area contributed by atoms with Crippen molar-refractivity contribution >= 4 is 25.9 Å². The highest BCUT2D eigenvalue weighted by Gasteiger charge is 2.42. The zero-order chi connectivity index (χ0) is 31.8. The molecule has 0 aliphatic rings. The predicted molar refractivity (Wildman–Crippen MR) is 166 cm³/mol. The van der Waals surface area contributed by atoms with Gasteiger partial charge < -0.3 is 24.0 Å². The van der Waals surface area contributed by atoms with Gasteiger partial charge in [0.25, 0.3) is 5.69 Å². The normalized spacial score (nSPS) is 13.2. The molecule has 2 atom stereocenters. The summed E-state index contributed by atoms with van der Waals surface area (Å²) in [5.74, 6) is 0.543. The molecule has 0 radical (unpaired) electrons. The standard InChI is InChI=1S/C33H42N2O7Si/c1-33(2,3)43(5,6)42-31(26-10-8-7-9-11-26)30(34(32(37)38)23-25-14-19-29(41-4)20-15-25)21-18-28(36)22-24-12-16-27(17-13-24)35(39)40/h7-17,19-20,30-31H,18,21-23H2,1-6H3,(H,37,38)/p-1/t30-,31-/m1/s1. The van der Waals surface area contributed by atoms with Crippen molar-refractivity contribution in [2.24, 2.45) is 0 Å². The first-order valence-corrected chi connectivity index (χ1v) is 17.2. The van der Waals surface area contributed by atoms with Crippen molar-refractivity contribution in [2.75, 3.05) is 7.11 Å². The Balaban J connectivity index is 1.98. The van der Waals surface area contributed by atoms with Gasteiger partial charge in [-0.2, -0.15) is 0 Å². The number of nitrogens with zero attached hydrogens (tertiary/aromatic N) is 2. The Morgan fingerprint density at radius 3 is 2.02 bits per heavy atom. The summed E-state index contributed by atoms with van der Waals surface area (Å²) < 4.78 is 12.2. The third-order valence-electron chi connectivity index (χ3n) is 8.12. The smallest absolute Gasteiger partial charge is 0.269 e. The number of carbonyl (C=O) groups excluding carboxylic acids is 2. The number of nitro groups is 1. The molecule has 10 heteroatoms. The van der Waals surface area contributed by atoms with Crippen LogP contribution in [0.3, 0.4) is 0 Å². The van der Waals surface area contributed by atoms with E-state index in [0.717, 1.165) is 11.1 Å². The molecule has 0 unspecified atom stereocenters. The average molecular weight is 606 g/mol. The zero-order valence-corrected chi connectivity index (χ0v) is 26.7. The third-order valence-corrected chi connectivity index (χ3v) is 12.6. The lowest BCUT2D eigenvalue weighted by Gasteiger charge is -2.45. The Kier molecular flexibility index (Phi) is 11.2. The molecule has 3 aromatic carbocycles. The van der Waals surface area contributed by atoms with Crippen LogP contribution in [0.2, 0.25) is 18.1 Å². The number of methoxy groups -OCH3 is 1. The van der Waals surface area contributed by atoms with E-state index in [9.17, 15) is 24.8 Å². The molecular formula is C33H41N2O7Si-. The highest BCUT2D eigenvalue weighted by atomic mass is 28.4. The van der Waals surface area contributed by atoms with Gasteiger partial charge in [0.2, 0.25) is 0 Å². The number of nitro benzene ring substituents is 1. The second kappa shape index (κ2) is 14.4. The summed E-state index contributed by atoms with van der Waals surface area (Å²) >= 11 is 0. The second-order valence-electron chi connectivity index (χ2n) is 12.2. The van der Waals surface area contributed by atoms with Crippen molar-refractivity contribution in [3.05, 3.63) is 106 Å². The van der Waals surface area contributed by atoms with E-state index in [4.69, 9.17) is 9.16 Å². The maximum Gasteiger partial charge on any atom is 0.269 e. The first kappa shape index (κ1) is 33.5. The maximum absolute atomic E-state index is 13.2. The minimum atomic E-state index is -2.43. The summed E-state index contributed by atoms with van der Waals surface area (Å²) in [7, 11) is -0.863. The summed E-state index contributed by atoms with van der Waals surface area (Å²) in [6.45, 7) is 10.6. The van der Waals surface area contributed by atoms with Crippen LogP contribution >= 0.6 is 0 Å². The van der Waals surface area contributed by atoms with Crippen molar-refractivity contribution in [1.29, 1.82) is 0 Å². The number of hydrogen-bond donors (Lipinski definition) is 0. The number of carboxylic acid groups (broad SMARTS) is 1. The van der Waals surface area contributed by atoms with Crippen LogP contribution in [0.4, 0.5) is 10.5 Å². The monoisotopic (exact) mass is 605 g/mol. The van der Waals surface area contributed by atoms with Crippen LogP contribution < -0.4 is 9.84 Å². The van der Waals surface area contributed by atoms with Crippen LogP contribution in [0.15, 0.2) is 78.9 Å². The molecule has 1 amide bonds. The van der Waals surface area contributed by atoms with Crippen LogP contribution in [-0.2, 0) is 22.2 Å². The molecule has 0 saturated carbocycles. The number of ketones is 1. The van der Waals surface area contributed by atoms with E-state index in [0.29, 0.717) is 11.3 Å². The Labute approximate surface area is 254 Å². The number of rotatable bonds is 14. The van der Waals surface area contributed by atoms with Gasteiger partial charge in [0.05, 0.1) is 24.2 Å². The quantitative estimate of drug-likeness (QED) is 0.117. The summed E-state index contributed by atoms with van der Waals surface area (Å²) in [5, 5.41) is 23.6. The van der Waals surface area contributed by atoms with Gasteiger partial charge in [-0.25, -0.2) is 0 Å². The lowest BCUT2D eigenvalue weighted by molar-refractivity contribution is -0.384. The number of hydrogen-bond acceptors (Lipinski definition) is 7. The predicted octanol–water partition coefficient (Wildman–Crippen LogP) is 6.47. The van der Waals surface area contributed by atoms with E-state index < -0.39 is 31.5 Å². The van der Waals surface area contributed by atoms with Gasteiger partial charge in [-0.3, -0.25) is 14.9 Å². The molecule has 43 heavy (non-hydrogen) atoms. The van der Waals surface area contributed by atoms with Crippen molar-refractivity contribution < 1.29 is 28.8 Å². The Morgan fingerprint density at radius 1 is 0.930 bits per heavy atom. The van der Waals surface area contributed by atoms with Crippen LogP contribution in [0.25, 0.3) is 0 Å². The lowest BCUT2D eigenvalue weighted by Crippen LogP contribution is -2.52. The Morgan fingerprint density at radius 2 is 1.51 bits per heavy atom. The molecule has 0 N–H and O–H groups in total. The SMILES string of the molecule is COc1ccc(CN(C(=O)[O-])[C@H](CCC(=O)Cc2ccc([N+](=O)[O-])cc2)[C@H](O[Si](C)(C)C(C)(C)C)c2ccccc2)cc1. The van der Waals surface area contributed by atoms with Crippen LogP contribution in [0.5, 0.6) is 5.75 Å². The van der Waals surface area contributed by atoms with E-state index >= 15 is 0 Å². The van der Waals surface area contributed by atoms with Crippen LogP contribution in [-0.4, -0.2) is 43.2 Å². The lowest BCUT2D eigenvalue weighted by atomic mass is 9.94. The van der Waals surface area contributed by atoms with Gasteiger partial charge in [-0.15, -0.1) is 0 Å². The van der Waals surface area contributed by atoms with Crippen LogP contribution in [0.1, 0.15) is 56.4 Å². The van der Waals surface area contributed by atoms with Gasteiger partial charge in [-0.05, 0) is 53.4 Å². The minimum absolute atomic E-state index is 0.0394. The van der Waals surface area contributed by atoms with Crippen molar-refractivity contribution in [3.8, 4) is 5.75 Å². The van der Waals surface area contributed by atoms with Crippen molar-refractivity contribution in [1.82, 2.24) is 4.90 Å². The fourth-order valence-corrected chi connectivity index (χ4v) is 5.86. The molecule has 3 aromatic rings. The number of ether oxygens (including phenoxy) is 1. The zero-order valence-electron chi connectivity index (χ0n) is 25.7. The van der Waals surface area contributed by atoms with E-state index in [1.165, 1.54) is 17.0 Å². The second-order valence-corrected chi connectivity index (χ2v) is 17.0. The first-order chi connectivity index (χ1) is 20.2. The Hall–Kier alpha value is -4.02. The fourth-order valence-electron chi connectivity index (χ4n) is 4.58. The van der Waals surface area contributed by atoms with Gasteiger partial charge in [-0.1, -0.05) is 75.4 Å². The maximum atomic E-state index is 13.2. The average Bonchev–Trinajstić information content (AvgIpc) is 2.96. The number of benzene rings is 3. The minimum Gasteiger partial charge on any atom is -0.530 e. The molecule has 0 aromatic heterocycles. The van der Waals surface area contributed by atoms with E-state index in [2.05, 4.69) is 33.9 Å². The number of Topliss-reactive ketones (excluding diaryl/α,β-unsaturated/α-hetero) is 1. The summed E-state index contributed by atoms with van der Waals surface area (Å²) in [4.78, 5) is 37.8. The number of carbonyl (C=O) groups is 2. The highest BCUT2D eigenvalue weighted by Crippen LogP contribution is 2.42. The van der Waals surface area contributed by atoms with Gasteiger partial charge >= 0.3 is 0 Å². The molecule has 3 rings (SSSR count). The van der Waals surface area contributed by atoms with E-state index in [1.807, 2.05) is 30.3 Å². The van der Waals surface area contributed by atoms with E-state index in [1.54, 1.807) is 43.5 Å². The first-order valence-electron chi connectivity index (χ1n) is 14.3. The van der Waals surface area contributed by atoms with E-state index in [-0.39, 0.29) is 42.3 Å². The van der Waals surface area contributed by atoms with Crippen molar-refractivity contribution in [3.63, 3.8) is 0 Å². The molecule has 0 saturated heterocycles. The summed E-state index contributed by atoms with van der Waals surface area (Å²) in [6.07, 6.45) is -1.65. The highest BCUT2D eigenvalue weighted by molar-refractivity contribution is 6.74. The number of non-ortho nitro benzene ring substituents is 1. The molecule has 0 spiro atoms. The molecule has 0 aliphatic heterocycles. The molecular weight excluding hydrogens is 564 g/mol. The van der Waals surface area contributed by atoms with Crippen molar-refractivity contribution in [2.45, 2.75) is 76.9 Å². The van der Waals surface area contributed by atoms with Gasteiger partial charge in [0.1, 0.15) is 17.6 Å². The van der Waals surface area contributed by atoms with Gasteiger partial charge in [0.15, 0.2) is 8.32 Å². The number of amides is 1.